The fraction of sp³-hybridized carbons (Fsp3) is 0.200. The average molecular weight is 337 g/mol. The Labute approximate surface area is 147 Å². The molecule has 0 aliphatic carbocycles. The molecule has 5 N–H and O–H groups in total. The summed E-state index contributed by atoms with van der Waals surface area (Å²) in [6.07, 6.45) is 5.87. The highest BCUT2D eigenvalue weighted by molar-refractivity contribution is 5.65. The van der Waals surface area contributed by atoms with Crippen LogP contribution in [0.5, 0.6) is 17.2 Å². The molecule has 3 rings (SSSR count). The van der Waals surface area contributed by atoms with Gasteiger partial charge in [0.05, 0.1) is 11.4 Å². The van der Waals surface area contributed by atoms with Crippen molar-refractivity contribution in [3.05, 3.63) is 66.5 Å². The van der Waals surface area contributed by atoms with Crippen LogP contribution in [0.15, 0.2) is 60.9 Å². The Hall–Kier alpha value is -3.08. The standard InChI is InChI=1S/C20H23N3O2/c1-2-4-20(14-9-10-23-13-14)25-16-6-3-5-15(11-16)24-17-7-8-18(21)19(22)12-17/h3,5-13,20,23H,2,4,21-22H2,1H3. The summed E-state index contributed by atoms with van der Waals surface area (Å²) in [5.74, 6) is 2.09. The van der Waals surface area contributed by atoms with E-state index in [-0.39, 0.29) is 6.10 Å². The van der Waals surface area contributed by atoms with Crippen molar-refractivity contribution in [3.63, 3.8) is 0 Å². The minimum absolute atomic E-state index is 0.0127. The molecule has 0 saturated carbocycles. The Morgan fingerprint density at radius 3 is 2.48 bits per heavy atom. The summed E-state index contributed by atoms with van der Waals surface area (Å²) >= 11 is 0. The van der Waals surface area contributed by atoms with E-state index in [0.717, 1.165) is 24.2 Å². The third-order valence-electron chi connectivity index (χ3n) is 3.92. The van der Waals surface area contributed by atoms with E-state index in [4.69, 9.17) is 20.9 Å². The zero-order valence-electron chi connectivity index (χ0n) is 14.2. The lowest BCUT2D eigenvalue weighted by atomic mass is 10.1. The number of nitrogens with two attached hydrogens (primary N) is 2. The molecule has 3 aromatic rings. The van der Waals surface area contributed by atoms with Crippen LogP contribution >= 0.6 is 0 Å². The number of ether oxygens (including phenoxy) is 2. The predicted molar refractivity (Wildman–Crippen MR) is 101 cm³/mol. The highest BCUT2D eigenvalue weighted by Crippen LogP contribution is 2.31. The van der Waals surface area contributed by atoms with Crippen LogP contribution in [0.25, 0.3) is 0 Å². The van der Waals surface area contributed by atoms with Gasteiger partial charge in [0.25, 0.3) is 0 Å². The van der Waals surface area contributed by atoms with Gasteiger partial charge in [0, 0.05) is 30.1 Å². The Bertz CT molecular complexity index is 816. The number of nitrogen functional groups attached to an aromatic ring is 2. The van der Waals surface area contributed by atoms with Gasteiger partial charge in [-0.25, -0.2) is 0 Å². The van der Waals surface area contributed by atoms with E-state index in [1.165, 1.54) is 0 Å². The number of rotatable bonds is 7. The lowest BCUT2D eigenvalue weighted by Crippen LogP contribution is -2.06. The van der Waals surface area contributed by atoms with E-state index >= 15 is 0 Å². The number of anilines is 2. The van der Waals surface area contributed by atoms with Crippen molar-refractivity contribution in [1.82, 2.24) is 4.98 Å². The molecule has 0 spiro atoms. The molecular formula is C20H23N3O2. The first-order valence-corrected chi connectivity index (χ1v) is 8.38. The summed E-state index contributed by atoms with van der Waals surface area (Å²) in [6.45, 7) is 2.15. The van der Waals surface area contributed by atoms with Crippen LogP contribution in [0, 0.1) is 0 Å². The van der Waals surface area contributed by atoms with Gasteiger partial charge in [-0.15, -0.1) is 0 Å². The average Bonchev–Trinajstić information content (AvgIpc) is 3.13. The molecule has 0 aliphatic rings. The quantitative estimate of drug-likeness (QED) is 0.536. The maximum atomic E-state index is 6.18. The van der Waals surface area contributed by atoms with Crippen LogP contribution < -0.4 is 20.9 Å². The van der Waals surface area contributed by atoms with Crippen molar-refractivity contribution in [2.24, 2.45) is 0 Å². The van der Waals surface area contributed by atoms with Gasteiger partial charge in [-0.05, 0) is 36.8 Å². The Balaban J connectivity index is 1.75. The van der Waals surface area contributed by atoms with E-state index in [2.05, 4.69) is 11.9 Å². The molecule has 1 atom stereocenters. The second kappa shape index (κ2) is 7.66. The highest BCUT2D eigenvalue weighted by atomic mass is 16.5. The summed E-state index contributed by atoms with van der Waals surface area (Å²) < 4.78 is 12.0. The first-order chi connectivity index (χ1) is 12.2. The van der Waals surface area contributed by atoms with Crippen LogP contribution in [-0.4, -0.2) is 4.98 Å². The van der Waals surface area contributed by atoms with Crippen molar-refractivity contribution in [1.29, 1.82) is 0 Å². The normalized spacial score (nSPS) is 11.9. The maximum Gasteiger partial charge on any atom is 0.131 e. The van der Waals surface area contributed by atoms with E-state index in [1.807, 2.05) is 42.7 Å². The molecule has 0 saturated heterocycles. The lowest BCUT2D eigenvalue weighted by molar-refractivity contribution is 0.193. The molecule has 130 valence electrons. The van der Waals surface area contributed by atoms with Crippen molar-refractivity contribution < 1.29 is 9.47 Å². The van der Waals surface area contributed by atoms with Crippen molar-refractivity contribution >= 4 is 11.4 Å². The Morgan fingerprint density at radius 1 is 0.960 bits per heavy atom. The van der Waals surface area contributed by atoms with E-state index in [1.54, 1.807) is 18.2 Å². The minimum Gasteiger partial charge on any atom is -0.486 e. The second-order valence-corrected chi connectivity index (χ2v) is 5.91. The van der Waals surface area contributed by atoms with Gasteiger partial charge in [-0.3, -0.25) is 0 Å². The molecule has 25 heavy (non-hydrogen) atoms. The van der Waals surface area contributed by atoms with Gasteiger partial charge >= 0.3 is 0 Å². The van der Waals surface area contributed by atoms with Crippen LogP contribution in [0.4, 0.5) is 11.4 Å². The van der Waals surface area contributed by atoms with E-state index in [9.17, 15) is 0 Å². The lowest BCUT2D eigenvalue weighted by Gasteiger charge is -2.18. The van der Waals surface area contributed by atoms with E-state index in [0.29, 0.717) is 22.9 Å². The zero-order valence-corrected chi connectivity index (χ0v) is 14.2. The van der Waals surface area contributed by atoms with Crippen LogP contribution in [0.3, 0.4) is 0 Å². The number of hydrogen-bond donors (Lipinski definition) is 3. The van der Waals surface area contributed by atoms with Gasteiger partial charge in [0.15, 0.2) is 0 Å². The molecule has 0 fully saturated rings. The third-order valence-corrected chi connectivity index (χ3v) is 3.92. The highest BCUT2D eigenvalue weighted by Gasteiger charge is 2.13. The molecular weight excluding hydrogens is 314 g/mol. The third kappa shape index (κ3) is 4.26. The number of hydrogen-bond acceptors (Lipinski definition) is 4. The SMILES string of the molecule is CCCC(Oc1cccc(Oc2ccc(N)c(N)c2)c1)c1cc[nH]c1. The van der Waals surface area contributed by atoms with Crippen LogP contribution in [-0.2, 0) is 0 Å². The summed E-state index contributed by atoms with van der Waals surface area (Å²) in [5.41, 5.74) is 13.7. The molecule has 0 radical (unpaired) electrons. The first-order valence-electron chi connectivity index (χ1n) is 8.38. The number of benzene rings is 2. The fourth-order valence-electron chi connectivity index (χ4n) is 2.62. The minimum atomic E-state index is 0.0127. The molecule has 1 aromatic heterocycles. The van der Waals surface area contributed by atoms with Gasteiger partial charge < -0.3 is 25.9 Å². The summed E-state index contributed by atoms with van der Waals surface area (Å²) in [4.78, 5) is 3.08. The van der Waals surface area contributed by atoms with Crippen LogP contribution in [0.1, 0.15) is 31.4 Å². The molecule has 0 aliphatic heterocycles. The first kappa shape index (κ1) is 16.8. The number of aromatic nitrogens is 1. The Morgan fingerprint density at radius 2 is 1.76 bits per heavy atom. The zero-order chi connectivity index (χ0) is 17.6. The van der Waals surface area contributed by atoms with Gasteiger partial charge in [-0.1, -0.05) is 19.4 Å². The topological polar surface area (TPSA) is 86.3 Å². The largest absolute Gasteiger partial charge is 0.486 e. The molecule has 5 heteroatoms. The molecule has 5 nitrogen and oxygen atoms in total. The monoisotopic (exact) mass is 337 g/mol. The molecule has 0 bridgehead atoms. The molecule has 2 aromatic carbocycles. The summed E-state index contributed by atoms with van der Waals surface area (Å²) in [7, 11) is 0. The summed E-state index contributed by atoms with van der Waals surface area (Å²) in [5, 5.41) is 0. The van der Waals surface area contributed by atoms with Crippen molar-refractivity contribution in [2.45, 2.75) is 25.9 Å². The van der Waals surface area contributed by atoms with Crippen molar-refractivity contribution in [3.8, 4) is 17.2 Å². The molecule has 0 amide bonds. The smallest absolute Gasteiger partial charge is 0.131 e. The number of aromatic amines is 1. The molecule has 1 heterocycles. The molecule has 1 unspecified atom stereocenters. The summed E-state index contributed by atoms with van der Waals surface area (Å²) in [6, 6.07) is 14.9. The number of H-pyrrole nitrogens is 1. The van der Waals surface area contributed by atoms with Crippen molar-refractivity contribution in [2.75, 3.05) is 11.5 Å². The predicted octanol–water partition coefficient (Wildman–Crippen LogP) is 4.89. The Kier molecular flexibility index (Phi) is 5.14. The number of nitrogens with one attached hydrogen (secondary N) is 1. The van der Waals surface area contributed by atoms with Gasteiger partial charge in [0.2, 0.25) is 0 Å². The fourth-order valence-corrected chi connectivity index (χ4v) is 2.62. The van der Waals surface area contributed by atoms with Gasteiger partial charge in [0.1, 0.15) is 23.4 Å². The van der Waals surface area contributed by atoms with Gasteiger partial charge in [-0.2, -0.15) is 0 Å². The maximum absolute atomic E-state index is 6.18. The second-order valence-electron chi connectivity index (χ2n) is 5.91. The van der Waals surface area contributed by atoms with Crippen LogP contribution in [0.2, 0.25) is 0 Å². The van der Waals surface area contributed by atoms with E-state index < -0.39 is 0 Å².